The van der Waals surface area contributed by atoms with Gasteiger partial charge in [-0.2, -0.15) is 5.10 Å². The van der Waals surface area contributed by atoms with Crippen LogP contribution in [0.1, 0.15) is 23.3 Å². The van der Waals surface area contributed by atoms with Gasteiger partial charge in [-0.05, 0) is 24.8 Å². The highest BCUT2D eigenvalue weighted by Crippen LogP contribution is 2.23. The topological polar surface area (TPSA) is 83.9 Å². The second kappa shape index (κ2) is 7.57. The van der Waals surface area contributed by atoms with E-state index in [-0.39, 0.29) is 17.2 Å². The van der Waals surface area contributed by atoms with Crippen LogP contribution in [0.2, 0.25) is 0 Å². The van der Waals surface area contributed by atoms with Gasteiger partial charge in [0.15, 0.2) is 0 Å². The van der Waals surface area contributed by atoms with Crippen molar-refractivity contribution in [2.45, 2.75) is 19.4 Å². The van der Waals surface area contributed by atoms with E-state index >= 15 is 0 Å². The maximum Gasteiger partial charge on any atom is 0.274 e. The van der Waals surface area contributed by atoms with Crippen LogP contribution in [-0.4, -0.2) is 43.6 Å². The van der Waals surface area contributed by atoms with Gasteiger partial charge in [-0.3, -0.25) is 9.59 Å². The molecule has 1 aliphatic heterocycles. The van der Waals surface area contributed by atoms with Crippen LogP contribution < -0.4 is 5.56 Å². The third kappa shape index (κ3) is 3.81. The molecule has 0 atom stereocenters. The van der Waals surface area contributed by atoms with Gasteiger partial charge in [0.05, 0.1) is 0 Å². The summed E-state index contributed by atoms with van der Waals surface area (Å²) in [6.07, 6.45) is 5.72. The zero-order valence-corrected chi connectivity index (χ0v) is 14.9. The van der Waals surface area contributed by atoms with Crippen molar-refractivity contribution in [3.63, 3.8) is 0 Å². The molecular formula is C20H21N5O2. The number of piperidine rings is 1. The highest BCUT2D eigenvalue weighted by molar-refractivity contribution is 5.92. The summed E-state index contributed by atoms with van der Waals surface area (Å²) >= 11 is 0. The smallest absolute Gasteiger partial charge is 0.274 e. The highest BCUT2D eigenvalue weighted by atomic mass is 16.2. The zero-order chi connectivity index (χ0) is 18.6. The number of nitrogens with zero attached hydrogens (tertiary/aromatic N) is 4. The van der Waals surface area contributed by atoms with Gasteiger partial charge >= 0.3 is 0 Å². The second-order valence-corrected chi connectivity index (χ2v) is 6.81. The van der Waals surface area contributed by atoms with Crippen molar-refractivity contribution in [1.29, 1.82) is 0 Å². The van der Waals surface area contributed by atoms with Gasteiger partial charge in [-0.15, -0.1) is 0 Å². The molecule has 2 aromatic heterocycles. The molecule has 3 heterocycles. The number of aromatic nitrogens is 4. The minimum atomic E-state index is -0.306. The van der Waals surface area contributed by atoms with Crippen LogP contribution in [-0.2, 0) is 6.54 Å². The van der Waals surface area contributed by atoms with Gasteiger partial charge in [-0.1, -0.05) is 30.3 Å². The fraction of sp³-hybridized carbons (Fsp3) is 0.300. The molecule has 0 spiro atoms. The van der Waals surface area contributed by atoms with Crippen LogP contribution in [0.4, 0.5) is 0 Å². The minimum absolute atomic E-state index is 0.127. The number of carbonyl (C=O) groups is 1. The Morgan fingerprint density at radius 1 is 1.11 bits per heavy atom. The standard InChI is InChI=1S/C20H21N5O2/c26-18-7-6-17(22-23-18)20(27)24-11-8-15(9-12-24)14-25-13-10-21-19(25)16-4-2-1-3-5-16/h1-7,10,13,15H,8-9,11-12,14H2,(H,23,26). The Bertz CT molecular complexity index is 951. The number of carbonyl (C=O) groups excluding carboxylic acids is 1. The number of benzene rings is 1. The number of aromatic amines is 1. The van der Waals surface area contributed by atoms with E-state index in [1.807, 2.05) is 35.5 Å². The summed E-state index contributed by atoms with van der Waals surface area (Å²) in [6.45, 7) is 2.28. The summed E-state index contributed by atoms with van der Waals surface area (Å²) in [7, 11) is 0. The minimum Gasteiger partial charge on any atom is -0.337 e. The maximum atomic E-state index is 12.5. The number of nitrogens with one attached hydrogen (secondary N) is 1. The largest absolute Gasteiger partial charge is 0.337 e. The predicted molar refractivity (Wildman–Crippen MR) is 101 cm³/mol. The quantitative estimate of drug-likeness (QED) is 0.770. The van der Waals surface area contributed by atoms with E-state index in [1.54, 1.807) is 0 Å². The normalized spacial score (nSPS) is 15.0. The Hall–Kier alpha value is -3.22. The molecule has 3 aromatic rings. The van der Waals surface area contributed by atoms with Gasteiger partial charge in [0.25, 0.3) is 11.5 Å². The number of rotatable bonds is 4. The molecule has 4 rings (SSSR count). The van der Waals surface area contributed by atoms with E-state index in [2.05, 4.69) is 31.9 Å². The van der Waals surface area contributed by atoms with Gasteiger partial charge < -0.3 is 9.47 Å². The summed E-state index contributed by atoms with van der Waals surface area (Å²) in [5.41, 5.74) is 1.09. The Morgan fingerprint density at radius 3 is 2.59 bits per heavy atom. The van der Waals surface area contributed by atoms with E-state index < -0.39 is 0 Å². The average molecular weight is 363 g/mol. The van der Waals surface area contributed by atoms with Crippen molar-refractivity contribution >= 4 is 5.91 Å². The summed E-state index contributed by atoms with van der Waals surface area (Å²) in [4.78, 5) is 29.9. The Balaban J connectivity index is 1.38. The zero-order valence-electron chi connectivity index (χ0n) is 14.9. The summed E-state index contributed by atoms with van der Waals surface area (Å²) in [6, 6.07) is 13.0. The van der Waals surface area contributed by atoms with Gasteiger partial charge in [0.2, 0.25) is 0 Å². The predicted octanol–water partition coefficient (Wildman–Crippen LogP) is 2.19. The summed E-state index contributed by atoms with van der Waals surface area (Å²) in [5, 5.41) is 6.15. The first-order chi connectivity index (χ1) is 13.2. The average Bonchev–Trinajstić information content (AvgIpc) is 3.17. The Morgan fingerprint density at radius 2 is 1.89 bits per heavy atom. The van der Waals surface area contributed by atoms with E-state index in [0.29, 0.717) is 19.0 Å². The molecule has 138 valence electrons. The summed E-state index contributed by atoms with van der Waals surface area (Å²) in [5.74, 6) is 1.35. The molecule has 7 heteroatoms. The summed E-state index contributed by atoms with van der Waals surface area (Å²) < 4.78 is 2.20. The van der Waals surface area contributed by atoms with Crippen LogP contribution >= 0.6 is 0 Å². The van der Waals surface area contributed by atoms with E-state index in [1.165, 1.54) is 12.1 Å². The lowest BCUT2D eigenvalue weighted by molar-refractivity contribution is 0.0676. The van der Waals surface area contributed by atoms with Gasteiger partial charge in [0, 0.05) is 43.7 Å². The monoisotopic (exact) mass is 363 g/mol. The molecule has 1 aromatic carbocycles. The van der Waals surface area contributed by atoms with E-state index in [9.17, 15) is 9.59 Å². The molecule has 1 N–H and O–H groups in total. The molecular weight excluding hydrogens is 342 g/mol. The van der Waals surface area contributed by atoms with Crippen LogP contribution in [0, 0.1) is 5.92 Å². The number of amides is 1. The molecule has 27 heavy (non-hydrogen) atoms. The van der Waals surface area contributed by atoms with Gasteiger partial charge in [0.1, 0.15) is 11.5 Å². The number of hydrogen-bond donors (Lipinski definition) is 1. The molecule has 1 amide bonds. The Kier molecular flexibility index (Phi) is 4.82. The van der Waals surface area contributed by atoms with E-state index in [0.717, 1.165) is 30.8 Å². The molecule has 1 saturated heterocycles. The van der Waals surface area contributed by atoms with Crippen LogP contribution in [0.15, 0.2) is 59.7 Å². The fourth-order valence-electron chi connectivity index (χ4n) is 3.53. The first kappa shape index (κ1) is 17.2. The van der Waals surface area contributed by atoms with Gasteiger partial charge in [-0.25, -0.2) is 10.1 Å². The van der Waals surface area contributed by atoms with Crippen molar-refractivity contribution < 1.29 is 4.79 Å². The molecule has 0 radical (unpaired) electrons. The Labute approximate surface area is 156 Å². The lowest BCUT2D eigenvalue weighted by Crippen LogP contribution is -2.40. The number of imidazole rings is 1. The van der Waals surface area contributed by atoms with Crippen molar-refractivity contribution in [2.75, 3.05) is 13.1 Å². The number of H-pyrrole nitrogens is 1. The maximum absolute atomic E-state index is 12.5. The van der Waals surface area contributed by atoms with Crippen molar-refractivity contribution in [3.8, 4) is 11.4 Å². The molecule has 0 aliphatic carbocycles. The van der Waals surface area contributed by atoms with Crippen LogP contribution in [0.25, 0.3) is 11.4 Å². The second-order valence-electron chi connectivity index (χ2n) is 6.81. The SMILES string of the molecule is O=C(c1ccc(=O)[nH]n1)N1CCC(Cn2ccnc2-c2ccccc2)CC1. The van der Waals surface area contributed by atoms with Crippen molar-refractivity contribution in [1.82, 2.24) is 24.6 Å². The molecule has 1 aliphatic rings. The first-order valence-corrected chi connectivity index (χ1v) is 9.12. The fourth-order valence-corrected chi connectivity index (χ4v) is 3.53. The number of hydrogen-bond acceptors (Lipinski definition) is 4. The van der Waals surface area contributed by atoms with Crippen molar-refractivity contribution in [3.05, 3.63) is 70.9 Å². The lowest BCUT2D eigenvalue weighted by Gasteiger charge is -2.32. The molecule has 0 unspecified atom stereocenters. The molecule has 1 fully saturated rings. The van der Waals surface area contributed by atoms with Crippen LogP contribution in [0.3, 0.4) is 0 Å². The first-order valence-electron chi connectivity index (χ1n) is 9.12. The highest BCUT2D eigenvalue weighted by Gasteiger charge is 2.25. The lowest BCUT2D eigenvalue weighted by atomic mass is 9.96. The third-order valence-corrected chi connectivity index (χ3v) is 5.00. The third-order valence-electron chi connectivity index (χ3n) is 5.00. The van der Waals surface area contributed by atoms with E-state index in [4.69, 9.17) is 0 Å². The molecule has 7 nitrogen and oxygen atoms in total. The van der Waals surface area contributed by atoms with Crippen molar-refractivity contribution in [2.24, 2.45) is 5.92 Å². The van der Waals surface area contributed by atoms with Crippen LogP contribution in [0.5, 0.6) is 0 Å². The number of likely N-dealkylation sites (tertiary alicyclic amines) is 1. The molecule has 0 bridgehead atoms. The molecule has 0 saturated carbocycles.